The summed E-state index contributed by atoms with van der Waals surface area (Å²) in [6.45, 7) is 5.49. The van der Waals surface area contributed by atoms with Crippen LogP contribution in [0.25, 0.3) is 22.4 Å². The van der Waals surface area contributed by atoms with E-state index in [-0.39, 0.29) is 0 Å². The first-order valence-corrected chi connectivity index (χ1v) is 8.40. The fourth-order valence-electron chi connectivity index (χ4n) is 2.97. The van der Waals surface area contributed by atoms with Crippen LogP contribution in [0, 0.1) is 5.92 Å². The summed E-state index contributed by atoms with van der Waals surface area (Å²) >= 11 is 0. The lowest BCUT2D eigenvalue weighted by atomic mass is 10.1. The van der Waals surface area contributed by atoms with Crippen LogP contribution in [-0.4, -0.2) is 19.2 Å². The lowest BCUT2D eigenvalue weighted by Gasteiger charge is -2.10. The molecule has 3 rings (SSSR count). The molecule has 3 aromatic rings. The number of imidazole rings is 1. The van der Waals surface area contributed by atoms with Crippen molar-refractivity contribution in [3.05, 3.63) is 42.5 Å². The SMILES string of the molecule is CCC(C)C[n+]1c(-c2ccc(OC)c(OC)c2)[nH]c2ccccc21. The molecule has 0 amide bonds. The van der Waals surface area contributed by atoms with Gasteiger partial charge in [-0.1, -0.05) is 26.0 Å². The van der Waals surface area contributed by atoms with Gasteiger partial charge in [0.2, 0.25) is 0 Å². The van der Waals surface area contributed by atoms with Crippen molar-refractivity contribution in [1.82, 2.24) is 4.98 Å². The molecule has 0 saturated carbocycles. The summed E-state index contributed by atoms with van der Waals surface area (Å²) < 4.78 is 13.2. The number of ether oxygens (including phenoxy) is 2. The number of benzene rings is 2. The van der Waals surface area contributed by atoms with Gasteiger partial charge in [0.25, 0.3) is 5.82 Å². The molecule has 1 aromatic heterocycles. The Balaban J connectivity index is 2.16. The standard InChI is InChI=1S/C20H24N2O2/c1-5-14(2)13-22-17-9-7-6-8-16(17)21-20(22)15-10-11-18(23-3)19(12-15)24-4/h6-12,14H,5,13H2,1-4H3/p+1. The highest BCUT2D eigenvalue weighted by Crippen LogP contribution is 2.31. The van der Waals surface area contributed by atoms with Crippen molar-refractivity contribution in [2.45, 2.75) is 26.8 Å². The Bertz CT molecular complexity index is 839. The predicted octanol–water partition coefficient (Wildman–Crippen LogP) is 4.19. The lowest BCUT2D eigenvalue weighted by Crippen LogP contribution is -2.38. The predicted molar refractivity (Wildman–Crippen MR) is 96.5 cm³/mol. The van der Waals surface area contributed by atoms with Gasteiger partial charge in [-0.05, 0) is 42.7 Å². The Morgan fingerprint density at radius 2 is 1.79 bits per heavy atom. The molecule has 0 aliphatic heterocycles. The number of fused-ring (bicyclic) bond motifs is 1. The second-order valence-electron chi connectivity index (χ2n) is 6.18. The summed E-state index contributed by atoms with van der Waals surface area (Å²) in [4.78, 5) is 3.57. The third-order valence-corrected chi connectivity index (χ3v) is 4.57. The number of rotatable bonds is 6. The highest BCUT2D eigenvalue weighted by Gasteiger charge is 2.22. The smallest absolute Gasteiger partial charge is 0.287 e. The Morgan fingerprint density at radius 3 is 2.50 bits per heavy atom. The summed E-state index contributed by atoms with van der Waals surface area (Å²) in [5, 5.41) is 0. The Morgan fingerprint density at radius 1 is 1.04 bits per heavy atom. The minimum absolute atomic E-state index is 0.605. The largest absolute Gasteiger partial charge is 0.493 e. The number of H-pyrrole nitrogens is 1. The number of nitrogens with one attached hydrogen (secondary N) is 1. The number of nitrogens with zero attached hydrogens (tertiary/aromatic N) is 1. The van der Waals surface area contributed by atoms with E-state index in [0.717, 1.165) is 41.4 Å². The van der Waals surface area contributed by atoms with E-state index < -0.39 is 0 Å². The van der Waals surface area contributed by atoms with Crippen molar-refractivity contribution in [3.63, 3.8) is 0 Å². The van der Waals surface area contributed by atoms with E-state index in [1.807, 2.05) is 12.1 Å². The Kier molecular flexibility index (Phi) is 4.74. The summed E-state index contributed by atoms with van der Waals surface area (Å²) in [5.41, 5.74) is 3.46. The van der Waals surface area contributed by atoms with Crippen molar-refractivity contribution < 1.29 is 14.0 Å². The number of hydrogen-bond donors (Lipinski definition) is 1. The third kappa shape index (κ3) is 2.96. The minimum atomic E-state index is 0.605. The molecule has 2 aromatic carbocycles. The summed E-state index contributed by atoms with van der Waals surface area (Å²) in [7, 11) is 3.32. The first-order chi connectivity index (χ1) is 11.7. The number of aromatic amines is 1. The van der Waals surface area contributed by atoms with E-state index in [2.05, 4.69) is 53.7 Å². The zero-order chi connectivity index (χ0) is 17.1. The number of para-hydroxylation sites is 2. The van der Waals surface area contributed by atoms with Gasteiger partial charge in [-0.15, -0.1) is 0 Å². The third-order valence-electron chi connectivity index (χ3n) is 4.57. The van der Waals surface area contributed by atoms with E-state index in [1.54, 1.807) is 14.2 Å². The van der Waals surface area contributed by atoms with Gasteiger partial charge in [0.15, 0.2) is 22.5 Å². The second kappa shape index (κ2) is 6.95. The van der Waals surface area contributed by atoms with E-state index in [0.29, 0.717) is 5.92 Å². The average molecular weight is 325 g/mol. The van der Waals surface area contributed by atoms with Crippen LogP contribution in [0.4, 0.5) is 0 Å². The van der Waals surface area contributed by atoms with Gasteiger partial charge in [-0.3, -0.25) is 0 Å². The van der Waals surface area contributed by atoms with E-state index in [1.165, 1.54) is 5.52 Å². The van der Waals surface area contributed by atoms with Crippen molar-refractivity contribution >= 4 is 11.0 Å². The topological polar surface area (TPSA) is 38.1 Å². The zero-order valence-electron chi connectivity index (χ0n) is 14.8. The number of hydrogen-bond acceptors (Lipinski definition) is 2. The molecule has 1 heterocycles. The minimum Gasteiger partial charge on any atom is -0.493 e. The van der Waals surface area contributed by atoms with Crippen LogP contribution in [-0.2, 0) is 6.54 Å². The normalized spacial score (nSPS) is 12.3. The van der Waals surface area contributed by atoms with Crippen LogP contribution < -0.4 is 14.0 Å². The lowest BCUT2D eigenvalue weighted by molar-refractivity contribution is -0.666. The van der Waals surface area contributed by atoms with Gasteiger partial charge in [0.1, 0.15) is 0 Å². The molecule has 0 fully saturated rings. The molecule has 4 heteroatoms. The van der Waals surface area contributed by atoms with Gasteiger partial charge in [-0.2, -0.15) is 0 Å². The maximum Gasteiger partial charge on any atom is 0.287 e. The molecule has 1 atom stereocenters. The van der Waals surface area contributed by atoms with Gasteiger partial charge < -0.3 is 9.47 Å². The molecule has 24 heavy (non-hydrogen) atoms. The summed E-state index contributed by atoms with van der Waals surface area (Å²) in [6, 6.07) is 14.5. The monoisotopic (exact) mass is 325 g/mol. The Hall–Kier alpha value is -2.49. The van der Waals surface area contributed by atoms with Crippen LogP contribution in [0.15, 0.2) is 42.5 Å². The first kappa shape index (κ1) is 16.4. The van der Waals surface area contributed by atoms with Crippen molar-refractivity contribution in [2.24, 2.45) is 5.92 Å². The highest BCUT2D eigenvalue weighted by atomic mass is 16.5. The van der Waals surface area contributed by atoms with Crippen LogP contribution in [0.5, 0.6) is 11.5 Å². The molecule has 0 radical (unpaired) electrons. The van der Waals surface area contributed by atoms with Crippen molar-refractivity contribution in [3.8, 4) is 22.9 Å². The molecule has 4 nitrogen and oxygen atoms in total. The molecule has 0 saturated heterocycles. The first-order valence-electron chi connectivity index (χ1n) is 8.40. The second-order valence-corrected chi connectivity index (χ2v) is 6.18. The molecule has 126 valence electrons. The van der Waals surface area contributed by atoms with Gasteiger partial charge in [0, 0.05) is 0 Å². The quantitative estimate of drug-likeness (QED) is 0.690. The van der Waals surface area contributed by atoms with Crippen LogP contribution in [0.1, 0.15) is 20.3 Å². The van der Waals surface area contributed by atoms with Crippen LogP contribution in [0.3, 0.4) is 0 Å². The zero-order valence-corrected chi connectivity index (χ0v) is 14.8. The average Bonchev–Trinajstić information content (AvgIpc) is 2.99. The number of aromatic nitrogens is 2. The summed E-state index contributed by atoms with van der Waals surface area (Å²) in [5.74, 6) is 3.18. The van der Waals surface area contributed by atoms with Crippen LogP contribution in [0.2, 0.25) is 0 Å². The van der Waals surface area contributed by atoms with E-state index in [9.17, 15) is 0 Å². The fourth-order valence-corrected chi connectivity index (χ4v) is 2.97. The maximum absolute atomic E-state index is 5.47. The molecule has 1 N–H and O–H groups in total. The molecular weight excluding hydrogens is 300 g/mol. The molecular formula is C20H25N2O2+. The highest BCUT2D eigenvalue weighted by molar-refractivity contribution is 5.75. The molecule has 0 spiro atoms. The Labute approximate surface area is 143 Å². The van der Waals surface area contributed by atoms with Crippen molar-refractivity contribution in [1.29, 1.82) is 0 Å². The molecule has 0 bridgehead atoms. The molecule has 1 unspecified atom stereocenters. The molecule has 0 aliphatic rings. The maximum atomic E-state index is 5.47. The summed E-state index contributed by atoms with van der Waals surface area (Å²) in [6.07, 6.45) is 1.15. The fraction of sp³-hybridized carbons (Fsp3) is 0.350. The van der Waals surface area contributed by atoms with Crippen molar-refractivity contribution in [2.75, 3.05) is 14.2 Å². The van der Waals surface area contributed by atoms with Crippen LogP contribution >= 0.6 is 0 Å². The number of methoxy groups -OCH3 is 2. The van der Waals surface area contributed by atoms with E-state index in [4.69, 9.17) is 9.47 Å². The van der Waals surface area contributed by atoms with Gasteiger partial charge in [0.05, 0.1) is 26.3 Å². The van der Waals surface area contributed by atoms with Gasteiger partial charge >= 0.3 is 0 Å². The van der Waals surface area contributed by atoms with E-state index >= 15 is 0 Å². The molecule has 0 aliphatic carbocycles. The van der Waals surface area contributed by atoms with Gasteiger partial charge in [-0.25, -0.2) is 9.55 Å².